The summed E-state index contributed by atoms with van der Waals surface area (Å²) in [4.78, 5) is 0. The molecule has 2 N–H and O–H groups in total. The van der Waals surface area contributed by atoms with Gasteiger partial charge in [-0.1, -0.05) is 20.3 Å². The Hall–Kier alpha value is -0.0800. The summed E-state index contributed by atoms with van der Waals surface area (Å²) in [6, 6.07) is 0. The van der Waals surface area contributed by atoms with Crippen molar-refractivity contribution in [2.45, 2.75) is 33.1 Å². The highest BCUT2D eigenvalue weighted by atomic mass is 14.8. The fourth-order valence-corrected chi connectivity index (χ4v) is 1.85. The van der Waals surface area contributed by atoms with E-state index in [0.717, 1.165) is 24.9 Å². The smallest absolute Gasteiger partial charge is 0.00211 e. The first kappa shape index (κ1) is 12.9. The van der Waals surface area contributed by atoms with Crippen LogP contribution in [0.3, 0.4) is 0 Å². The van der Waals surface area contributed by atoms with Gasteiger partial charge in [-0.3, -0.25) is 0 Å². The van der Waals surface area contributed by atoms with Crippen LogP contribution in [-0.4, -0.2) is 27.2 Å². The number of hydrogen-bond acceptors (Lipinski definition) is 2. The van der Waals surface area contributed by atoms with Crippen LogP contribution in [0.15, 0.2) is 0 Å². The Morgan fingerprint density at radius 1 is 1.15 bits per heavy atom. The minimum atomic E-state index is 0.849. The first-order valence-corrected chi connectivity index (χ1v) is 5.55. The van der Waals surface area contributed by atoms with E-state index in [9.17, 15) is 0 Å². The topological polar surface area (TPSA) is 24.1 Å². The highest BCUT2D eigenvalue weighted by molar-refractivity contribution is 4.67. The molecule has 0 aliphatic carbocycles. The van der Waals surface area contributed by atoms with Crippen LogP contribution in [0.25, 0.3) is 0 Å². The van der Waals surface area contributed by atoms with E-state index in [0.29, 0.717) is 0 Å². The molecular formula is C11H26N2. The van der Waals surface area contributed by atoms with Gasteiger partial charge in [0, 0.05) is 0 Å². The first-order valence-electron chi connectivity index (χ1n) is 5.55. The summed E-state index contributed by atoms with van der Waals surface area (Å²) in [6.07, 6.45) is 3.94. The van der Waals surface area contributed by atoms with Crippen molar-refractivity contribution in [1.29, 1.82) is 0 Å². The Morgan fingerprint density at radius 2 is 1.85 bits per heavy atom. The standard InChI is InChI=1S/C11H26N2/c1-5-11(9-13-4)10(2)7-6-8-12-3/h10-13H,5-9H2,1-4H3. The average molecular weight is 186 g/mol. The van der Waals surface area contributed by atoms with Crippen LogP contribution in [0.4, 0.5) is 0 Å². The highest BCUT2D eigenvalue weighted by Gasteiger charge is 2.13. The molecule has 0 bridgehead atoms. The summed E-state index contributed by atoms with van der Waals surface area (Å²) in [5.41, 5.74) is 0. The predicted octanol–water partition coefficient (Wildman–Crippen LogP) is 1.87. The van der Waals surface area contributed by atoms with Gasteiger partial charge >= 0.3 is 0 Å². The third-order valence-corrected chi connectivity index (χ3v) is 2.88. The molecule has 0 saturated carbocycles. The van der Waals surface area contributed by atoms with E-state index < -0.39 is 0 Å². The first-order chi connectivity index (χ1) is 6.26. The minimum Gasteiger partial charge on any atom is -0.320 e. The third kappa shape index (κ3) is 6.05. The number of hydrogen-bond donors (Lipinski definition) is 2. The zero-order valence-electron chi connectivity index (χ0n) is 9.69. The van der Waals surface area contributed by atoms with Crippen LogP contribution in [0, 0.1) is 11.8 Å². The maximum Gasteiger partial charge on any atom is -0.00211 e. The van der Waals surface area contributed by atoms with Gasteiger partial charge < -0.3 is 10.6 Å². The van der Waals surface area contributed by atoms with E-state index in [2.05, 4.69) is 24.5 Å². The second-order valence-electron chi connectivity index (χ2n) is 3.95. The molecule has 80 valence electrons. The van der Waals surface area contributed by atoms with E-state index in [1.54, 1.807) is 0 Å². The summed E-state index contributed by atoms with van der Waals surface area (Å²) in [7, 11) is 4.07. The van der Waals surface area contributed by atoms with Crippen molar-refractivity contribution in [3.63, 3.8) is 0 Å². The molecule has 0 aromatic heterocycles. The lowest BCUT2D eigenvalue weighted by molar-refractivity contribution is 0.314. The molecule has 2 unspecified atom stereocenters. The molecule has 0 saturated heterocycles. The van der Waals surface area contributed by atoms with Crippen LogP contribution in [-0.2, 0) is 0 Å². The van der Waals surface area contributed by atoms with Gasteiger partial charge in [0.1, 0.15) is 0 Å². The van der Waals surface area contributed by atoms with E-state index >= 15 is 0 Å². The summed E-state index contributed by atoms with van der Waals surface area (Å²) < 4.78 is 0. The Labute approximate surface area is 83.5 Å². The largest absolute Gasteiger partial charge is 0.320 e. The van der Waals surface area contributed by atoms with Crippen molar-refractivity contribution in [1.82, 2.24) is 10.6 Å². The van der Waals surface area contributed by atoms with Gasteiger partial charge in [0.05, 0.1) is 0 Å². The maximum atomic E-state index is 3.27. The van der Waals surface area contributed by atoms with Crippen molar-refractivity contribution in [2.75, 3.05) is 27.2 Å². The molecule has 0 aromatic rings. The Kier molecular flexibility index (Phi) is 8.46. The van der Waals surface area contributed by atoms with E-state index in [-0.39, 0.29) is 0 Å². The molecule has 2 nitrogen and oxygen atoms in total. The Bertz CT molecular complexity index is 104. The quantitative estimate of drug-likeness (QED) is 0.566. The minimum absolute atomic E-state index is 0.849. The van der Waals surface area contributed by atoms with Crippen LogP contribution in [0.5, 0.6) is 0 Å². The molecule has 13 heavy (non-hydrogen) atoms. The molecule has 0 rings (SSSR count). The molecule has 0 aliphatic rings. The Morgan fingerprint density at radius 3 is 2.31 bits per heavy atom. The van der Waals surface area contributed by atoms with Crippen molar-refractivity contribution >= 4 is 0 Å². The normalized spacial score (nSPS) is 15.7. The summed E-state index contributed by atoms with van der Waals surface area (Å²) in [5.74, 6) is 1.70. The lowest BCUT2D eigenvalue weighted by atomic mass is 9.88. The molecule has 0 aromatic carbocycles. The maximum absolute atomic E-state index is 3.27. The monoisotopic (exact) mass is 186 g/mol. The zero-order chi connectivity index (χ0) is 10.1. The molecule has 0 spiro atoms. The molecule has 0 amide bonds. The SMILES string of the molecule is CCC(CNC)C(C)CCCNC. The predicted molar refractivity (Wildman–Crippen MR) is 60.0 cm³/mol. The van der Waals surface area contributed by atoms with Crippen molar-refractivity contribution in [3.8, 4) is 0 Å². The van der Waals surface area contributed by atoms with Gasteiger partial charge in [0.25, 0.3) is 0 Å². The van der Waals surface area contributed by atoms with Gasteiger partial charge in [-0.15, -0.1) is 0 Å². The summed E-state index contributed by atoms with van der Waals surface area (Å²) in [5, 5.41) is 6.47. The average Bonchev–Trinajstić information content (AvgIpc) is 2.14. The van der Waals surface area contributed by atoms with Crippen molar-refractivity contribution in [3.05, 3.63) is 0 Å². The summed E-state index contributed by atoms with van der Waals surface area (Å²) >= 11 is 0. The van der Waals surface area contributed by atoms with Crippen LogP contribution in [0.1, 0.15) is 33.1 Å². The van der Waals surface area contributed by atoms with Crippen LogP contribution < -0.4 is 10.6 Å². The van der Waals surface area contributed by atoms with Gasteiger partial charge in [-0.05, 0) is 51.9 Å². The molecule has 0 heterocycles. The van der Waals surface area contributed by atoms with E-state index in [4.69, 9.17) is 0 Å². The molecule has 0 aliphatic heterocycles. The van der Waals surface area contributed by atoms with Crippen LogP contribution >= 0.6 is 0 Å². The third-order valence-electron chi connectivity index (χ3n) is 2.88. The molecule has 0 radical (unpaired) electrons. The highest BCUT2D eigenvalue weighted by Crippen LogP contribution is 2.19. The van der Waals surface area contributed by atoms with Crippen molar-refractivity contribution < 1.29 is 0 Å². The number of rotatable bonds is 8. The van der Waals surface area contributed by atoms with Gasteiger partial charge in [0.15, 0.2) is 0 Å². The lowest BCUT2D eigenvalue weighted by Gasteiger charge is -2.22. The lowest BCUT2D eigenvalue weighted by Crippen LogP contribution is -2.24. The second kappa shape index (κ2) is 8.52. The fourth-order valence-electron chi connectivity index (χ4n) is 1.85. The zero-order valence-corrected chi connectivity index (χ0v) is 9.69. The summed E-state index contributed by atoms with van der Waals surface area (Å²) in [6.45, 7) is 6.98. The van der Waals surface area contributed by atoms with Crippen molar-refractivity contribution in [2.24, 2.45) is 11.8 Å². The van der Waals surface area contributed by atoms with Gasteiger partial charge in [-0.2, -0.15) is 0 Å². The molecular weight excluding hydrogens is 160 g/mol. The molecule has 2 heteroatoms. The second-order valence-corrected chi connectivity index (χ2v) is 3.95. The Balaban J connectivity index is 3.57. The number of nitrogens with one attached hydrogen (secondary N) is 2. The van der Waals surface area contributed by atoms with E-state index in [1.807, 2.05) is 14.1 Å². The molecule has 0 fully saturated rings. The van der Waals surface area contributed by atoms with E-state index in [1.165, 1.54) is 19.3 Å². The van der Waals surface area contributed by atoms with Gasteiger partial charge in [0.2, 0.25) is 0 Å². The van der Waals surface area contributed by atoms with Gasteiger partial charge in [-0.25, -0.2) is 0 Å². The molecule has 2 atom stereocenters. The fraction of sp³-hybridized carbons (Fsp3) is 1.00. The van der Waals surface area contributed by atoms with Crippen LogP contribution in [0.2, 0.25) is 0 Å².